The number of nitrogens with zero attached hydrogens (tertiary/aromatic N) is 1. The summed E-state index contributed by atoms with van der Waals surface area (Å²) in [6.45, 7) is 0. The van der Waals surface area contributed by atoms with E-state index >= 15 is 0 Å². The Balaban J connectivity index is 4.12. The second-order valence-electron chi connectivity index (χ2n) is 2.49. The summed E-state index contributed by atoms with van der Waals surface area (Å²) >= 11 is 0. The molecule has 0 bridgehead atoms. The second-order valence-corrected chi connectivity index (χ2v) is 2.49. The van der Waals surface area contributed by atoms with Gasteiger partial charge in [0.2, 0.25) is 5.91 Å². The van der Waals surface area contributed by atoms with E-state index in [9.17, 15) is 9.59 Å². The van der Waals surface area contributed by atoms with E-state index < -0.39 is 17.9 Å². The van der Waals surface area contributed by atoms with Crippen LogP contribution in [0.4, 0.5) is 0 Å². The molecule has 0 aliphatic heterocycles. The maximum absolute atomic E-state index is 10.4. The van der Waals surface area contributed by atoms with Crippen LogP contribution in [0.25, 0.3) is 0 Å². The van der Waals surface area contributed by atoms with Gasteiger partial charge in [0.05, 0.1) is 6.42 Å². The molecular weight excluding hydrogens is 148 g/mol. The van der Waals surface area contributed by atoms with Gasteiger partial charge in [-0.15, -0.1) is 0 Å². The lowest BCUT2D eigenvalue weighted by Crippen LogP contribution is -2.38. The van der Waals surface area contributed by atoms with Gasteiger partial charge in [0.1, 0.15) is 6.04 Å². The van der Waals surface area contributed by atoms with Crippen molar-refractivity contribution in [3.8, 4) is 0 Å². The van der Waals surface area contributed by atoms with E-state index in [-0.39, 0.29) is 6.42 Å². The third kappa shape index (κ3) is 3.57. The van der Waals surface area contributed by atoms with Crippen LogP contribution < -0.4 is 5.73 Å². The molecule has 1 atom stereocenters. The molecule has 0 saturated carbocycles. The van der Waals surface area contributed by atoms with Crippen molar-refractivity contribution in [1.82, 2.24) is 4.90 Å². The second kappa shape index (κ2) is 3.92. The van der Waals surface area contributed by atoms with Gasteiger partial charge >= 0.3 is 5.97 Å². The normalized spacial score (nSPS) is 13.0. The van der Waals surface area contributed by atoms with Crippen LogP contribution in [0.5, 0.6) is 0 Å². The van der Waals surface area contributed by atoms with E-state index in [0.29, 0.717) is 0 Å². The minimum Gasteiger partial charge on any atom is -0.480 e. The molecule has 64 valence electrons. The van der Waals surface area contributed by atoms with Gasteiger partial charge in [0.15, 0.2) is 0 Å². The van der Waals surface area contributed by atoms with Crippen LogP contribution in [0.3, 0.4) is 0 Å². The summed E-state index contributed by atoms with van der Waals surface area (Å²) in [7, 11) is 3.17. The molecule has 0 unspecified atom stereocenters. The van der Waals surface area contributed by atoms with Crippen molar-refractivity contribution in [3.05, 3.63) is 0 Å². The third-order valence-corrected chi connectivity index (χ3v) is 1.30. The first-order chi connectivity index (χ1) is 4.95. The molecule has 0 heterocycles. The van der Waals surface area contributed by atoms with E-state index in [0.717, 1.165) is 0 Å². The van der Waals surface area contributed by atoms with Gasteiger partial charge in [0.25, 0.3) is 0 Å². The molecule has 0 radical (unpaired) electrons. The molecule has 5 heteroatoms. The maximum atomic E-state index is 10.4. The summed E-state index contributed by atoms with van der Waals surface area (Å²) in [6.07, 6.45) is -0.150. The van der Waals surface area contributed by atoms with Gasteiger partial charge in [-0.05, 0) is 14.1 Å². The van der Waals surface area contributed by atoms with Crippen LogP contribution in [-0.2, 0) is 9.59 Å². The molecule has 0 aromatic carbocycles. The van der Waals surface area contributed by atoms with Gasteiger partial charge in [0, 0.05) is 0 Å². The quantitative estimate of drug-likeness (QED) is 0.545. The number of carboxylic acids is 1. The third-order valence-electron chi connectivity index (χ3n) is 1.30. The lowest BCUT2D eigenvalue weighted by Gasteiger charge is -2.17. The molecule has 5 nitrogen and oxygen atoms in total. The highest BCUT2D eigenvalue weighted by Gasteiger charge is 2.21. The number of hydrogen-bond donors (Lipinski definition) is 2. The minimum atomic E-state index is -1.03. The monoisotopic (exact) mass is 160 g/mol. The van der Waals surface area contributed by atoms with Crippen LogP contribution in [0.15, 0.2) is 0 Å². The molecule has 1 amide bonds. The van der Waals surface area contributed by atoms with E-state index in [4.69, 9.17) is 10.8 Å². The number of primary amides is 1. The standard InChI is InChI=1S/C6H12N2O3/c1-8(2)4(6(10)11)3-5(7)9/h4H,3H2,1-2H3,(H2,7,9)(H,10,11)/t4-/m0/s1. The van der Waals surface area contributed by atoms with Crippen molar-refractivity contribution in [2.75, 3.05) is 14.1 Å². The van der Waals surface area contributed by atoms with E-state index in [1.54, 1.807) is 14.1 Å². The molecule has 0 spiro atoms. The predicted molar refractivity (Wildman–Crippen MR) is 38.9 cm³/mol. The zero-order valence-corrected chi connectivity index (χ0v) is 6.57. The zero-order valence-electron chi connectivity index (χ0n) is 6.57. The van der Waals surface area contributed by atoms with Crippen LogP contribution in [0.1, 0.15) is 6.42 Å². The number of likely N-dealkylation sites (N-methyl/N-ethyl adjacent to an activating group) is 1. The number of rotatable bonds is 4. The molecule has 0 aromatic heterocycles. The number of aliphatic carboxylic acids is 1. The van der Waals surface area contributed by atoms with E-state index in [2.05, 4.69) is 0 Å². The smallest absolute Gasteiger partial charge is 0.321 e. The van der Waals surface area contributed by atoms with Crippen molar-refractivity contribution in [2.45, 2.75) is 12.5 Å². The fraction of sp³-hybridized carbons (Fsp3) is 0.667. The van der Waals surface area contributed by atoms with Gasteiger partial charge in [-0.25, -0.2) is 0 Å². The van der Waals surface area contributed by atoms with Crippen molar-refractivity contribution < 1.29 is 14.7 Å². The number of amides is 1. The van der Waals surface area contributed by atoms with Crippen LogP contribution >= 0.6 is 0 Å². The first-order valence-corrected chi connectivity index (χ1v) is 3.12. The lowest BCUT2D eigenvalue weighted by molar-refractivity contribution is -0.144. The van der Waals surface area contributed by atoms with E-state index in [1.165, 1.54) is 4.90 Å². The highest BCUT2D eigenvalue weighted by atomic mass is 16.4. The Morgan fingerprint density at radius 3 is 2.09 bits per heavy atom. The Morgan fingerprint density at radius 2 is 2.00 bits per heavy atom. The molecule has 0 aliphatic rings. The molecule has 0 saturated heterocycles. The molecule has 3 N–H and O–H groups in total. The Hall–Kier alpha value is -1.10. The van der Waals surface area contributed by atoms with Crippen molar-refractivity contribution in [1.29, 1.82) is 0 Å². The number of carbonyl (C=O) groups excluding carboxylic acids is 1. The Kier molecular flexibility index (Phi) is 3.53. The van der Waals surface area contributed by atoms with Crippen molar-refractivity contribution in [2.24, 2.45) is 5.73 Å². The maximum Gasteiger partial charge on any atom is 0.321 e. The van der Waals surface area contributed by atoms with Crippen molar-refractivity contribution in [3.63, 3.8) is 0 Å². The summed E-state index contributed by atoms with van der Waals surface area (Å²) in [4.78, 5) is 22.2. The number of carboxylic acid groups (broad SMARTS) is 1. The summed E-state index contributed by atoms with van der Waals surface area (Å²) in [5.41, 5.74) is 4.84. The fourth-order valence-electron chi connectivity index (χ4n) is 0.681. The zero-order chi connectivity index (χ0) is 9.02. The van der Waals surface area contributed by atoms with Crippen LogP contribution in [0.2, 0.25) is 0 Å². The Labute approximate surface area is 64.8 Å². The molecule has 0 aromatic rings. The highest BCUT2D eigenvalue weighted by molar-refractivity contribution is 5.83. The summed E-state index contributed by atoms with van der Waals surface area (Å²) in [5.74, 6) is -1.64. The average Bonchev–Trinajstić information content (AvgIpc) is 1.81. The first kappa shape index (κ1) is 9.90. The highest BCUT2D eigenvalue weighted by Crippen LogP contribution is 1.98. The Morgan fingerprint density at radius 1 is 1.55 bits per heavy atom. The van der Waals surface area contributed by atoms with Gasteiger partial charge in [-0.2, -0.15) is 0 Å². The predicted octanol–water partition coefficient (Wildman–Crippen LogP) is -1.12. The van der Waals surface area contributed by atoms with Crippen molar-refractivity contribution >= 4 is 11.9 Å². The summed E-state index contributed by atoms with van der Waals surface area (Å²) in [5, 5.41) is 8.54. The van der Waals surface area contributed by atoms with Gasteiger partial charge < -0.3 is 10.8 Å². The molecule has 0 fully saturated rings. The SMILES string of the molecule is CN(C)[C@@H](CC(N)=O)C(=O)O. The van der Waals surface area contributed by atoms with E-state index in [1.807, 2.05) is 0 Å². The molecule has 0 aliphatic carbocycles. The fourth-order valence-corrected chi connectivity index (χ4v) is 0.681. The average molecular weight is 160 g/mol. The number of carbonyl (C=O) groups is 2. The summed E-state index contributed by atoms with van der Waals surface area (Å²) < 4.78 is 0. The van der Waals surface area contributed by atoms with Gasteiger partial charge in [-0.3, -0.25) is 14.5 Å². The minimum absolute atomic E-state index is 0.150. The summed E-state index contributed by atoms with van der Waals surface area (Å²) in [6, 6.07) is -0.813. The lowest BCUT2D eigenvalue weighted by atomic mass is 10.2. The number of nitrogens with two attached hydrogens (primary N) is 1. The Bertz CT molecular complexity index is 167. The largest absolute Gasteiger partial charge is 0.480 e. The first-order valence-electron chi connectivity index (χ1n) is 3.12. The molecule has 0 rings (SSSR count). The van der Waals surface area contributed by atoms with Crippen LogP contribution in [0, 0.1) is 0 Å². The molecular formula is C6H12N2O3. The number of hydrogen-bond acceptors (Lipinski definition) is 3. The topological polar surface area (TPSA) is 83.6 Å². The molecule has 11 heavy (non-hydrogen) atoms. The van der Waals surface area contributed by atoms with Crippen LogP contribution in [-0.4, -0.2) is 42.0 Å². The van der Waals surface area contributed by atoms with Gasteiger partial charge in [-0.1, -0.05) is 0 Å².